The van der Waals surface area contributed by atoms with Crippen LogP contribution in [0.5, 0.6) is 0 Å². The number of halogens is 1. The van der Waals surface area contributed by atoms with Gasteiger partial charge in [-0.15, -0.1) is 24.0 Å². The number of pyridine rings is 1. The van der Waals surface area contributed by atoms with Crippen LogP contribution in [0.2, 0.25) is 0 Å². The molecular formula is C16H26IN5O. The van der Waals surface area contributed by atoms with Crippen LogP contribution in [0, 0.1) is 12.8 Å². The number of aromatic nitrogens is 1. The van der Waals surface area contributed by atoms with E-state index in [2.05, 4.69) is 32.9 Å². The molecule has 3 N–H and O–H groups in total. The van der Waals surface area contributed by atoms with Gasteiger partial charge in [0, 0.05) is 24.7 Å². The second-order valence-corrected chi connectivity index (χ2v) is 5.69. The standard InChI is InChI=1S/C16H25N5O.HI/c1-4-17-16(20-13-10-11(13)2)18-9-8-15(22)21-14-7-5-6-12(3)19-14;/h5-7,11,13H,4,8-10H2,1-3H3,(H2,17,18,20)(H,19,21,22);1H. The molecule has 1 heterocycles. The van der Waals surface area contributed by atoms with Gasteiger partial charge in [0.1, 0.15) is 5.82 Å². The zero-order chi connectivity index (χ0) is 15.9. The van der Waals surface area contributed by atoms with E-state index in [0.29, 0.717) is 30.7 Å². The van der Waals surface area contributed by atoms with E-state index in [4.69, 9.17) is 0 Å². The molecule has 128 valence electrons. The van der Waals surface area contributed by atoms with Gasteiger partial charge in [-0.25, -0.2) is 4.98 Å². The van der Waals surface area contributed by atoms with Crippen molar-refractivity contribution in [2.24, 2.45) is 10.9 Å². The van der Waals surface area contributed by atoms with Crippen molar-refractivity contribution >= 4 is 41.7 Å². The predicted octanol–water partition coefficient (Wildman–Crippen LogP) is 2.30. The summed E-state index contributed by atoms with van der Waals surface area (Å²) in [5.41, 5.74) is 0.882. The first-order valence-corrected chi connectivity index (χ1v) is 7.87. The van der Waals surface area contributed by atoms with E-state index in [1.54, 1.807) is 6.07 Å². The molecule has 6 nitrogen and oxygen atoms in total. The van der Waals surface area contributed by atoms with Crippen molar-refractivity contribution in [2.45, 2.75) is 39.7 Å². The lowest BCUT2D eigenvalue weighted by atomic mass is 10.3. The third kappa shape index (κ3) is 7.15. The van der Waals surface area contributed by atoms with Crippen LogP contribution in [-0.4, -0.2) is 36.0 Å². The summed E-state index contributed by atoms with van der Waals surface area (Å²) in [7, 11) is 0. The molecule has 1 aliphatic carbocycles. The van der Waals surface area contributed by atoms with Crippen molar-refractivity contribution in [1.29, 1.82) is 0 Å². The van der Waals surface area contributed by atoms with Gasteiger partial charge in [0.15, 0.2) is 5.96 Å². The minimum absolute atomic E-state index is 0. The number of hydrogen-bond donors (Lipinski definition) is 3. The van der Waals surface area contributed by atoms with Crippen molar-refractivity contribution in [3.8, 4) is 0 Å². The van der Waals surface area contributed by atoms with Crippen LogP contribution in [0.4, 0.5) is 5.82 Å². The molecule has 2 rings (SSSR count). The quantitative estimate of drug-likeness (QED) is 0.367. The first-order chi connectivity index (χ1) is 10.6. The number of hydrogen-bond acceptors (Lipinski definition) is 3. The van der Waals surface area contributed by atoms with Gasteiger partial charge in [0.05, 0.1) is 6.54 Å². The SMILES string of the molecule is CCNC(=NCCC(=O)Nc1cccc(C)n1)NC1CC1C.I. The molecule has 0 bridgehead atoms. The molecule has 1 aromatic rings. The number of carbonyl (C=O) groups is 1. The highest BCUT2D eigenvalue weighted by Crippen LogP contribution is 2.28. The third-order valence-electron chi connectivity index (χ3n) is 3.54. The Bertz CT molecular complexity index is 549. The molecule has 7 heteroatoms. The van der Waals surface area contributed by atoms with Crippen molar-refractivity contribution in [3.63, 3.8) is 0 Å². The summed E-state index contributed by atoms with van der Waals surface area (Å²) in [6.45, 7) is 7.40. The Hall–Kier alpha value is -1.38. The van der Waals surface area contributed by atoms with E-state index >= 15 is 0 Å². The fraction of sp³-hybridized carbons (Fsp3) is 0.562. The van der Waals surface area contributed by atoms with Crippen LogP contribution in [-0.2, 0) is 4.79 Å². The fourth-order valence-electron chi connectivity index (χ4n) is 2.11. The first-order valence-electron chi connectivity index (χ1n) is 7.87. The van der Waals surface area contributed by atoms with E-state index in [0.717, 1.165) is 18.2 Å². The molecule has 1 saturated carbocycles. The van der Waals surface area contributed by atoms with Crippen LogP contribution >= 0.6 is 24.0 Å². The maximum absolute atomic E-state index is 11.9. The number of nitrogens with zero attached hydrogens (tertiary/aromatic N) is 2. The molecule has 1 amide bonds. The van der Waals surface area contributed by atoms with Gasteiger partial charge in [-0.3, -0.25) is 9.79 Å². The molecule has 0 saturated heterocycles. The summed E-state index contributed by atoms with van der Waals surface area (Å²) in [6, 6.07) is 6.07. The maximum atomic E-state index is 11.9. The Balaban J connectivity index is 0.00000264. The van der Waals surface area contributed by atoms with Crippen molar-refractivity contribution < 1.29 is 4.79 Å². The molecule has 2 unspecified atom stereocenters. The highest BCUT2D eigenvalue weighted by molar-refractivity contribution is 14.0. The summed E-state index contributed by atoms with van der Waals surface area (Å²) < 4.78 is 0. The number of rotatable bonds is 6. The van der Waals surface area contributed by atoms with Crippen molar-refractivity contribution in [3.05, 3.63) is 23.9 Å². The van der Waals surface area contributed by atoms with E-state index < -0.39 is 0 Å². The monoisotopic (exact) mass is 431 g/mol. The highest BCUT2D eigenvalue weighted by atomic mass is 127. The summed E-state index contributed by atoms with van der Waals surface area (Å²) >= 11 is 0. The van der Waals surface area contributed by atoms with Crippen LogP contribution in [0.15, 0.2) is 23.2 Å². The number of guanidine groups is 1. The van der Waals surface area contributed by atoms with Gasteiger partial charge < -0.3 is 16.0 Å². The lowest BCUT2D eigenvalue weighted by Crippen LogP contribution is -2.39. The molecule has 1 fully saturated rings. The molecule has 0 spiro atoms. The van der Waals surface area contributed by atoms with Crippen molar-refractivity contribution in [2.75, 3.05) is 18.4 Å². The topological polar surface area (TPSA) is 78.4 Å². The Morgan fingerprint density at radius 3 is 2.78 bits per heavy atom. The molecule has 0 aliphatic heterocycles. The van der Waals surface area contributed by atoms with Gasteiger partial charge in [0.2, 0.25) is 5.91 Å². The maximum Gasteiger partial charge on any atom is 0.227 e. The second-order valence-electron chi connectivity index (χ2n) is 5.69. The zero-order valence-corrected chi connectivity index (χ0v) is 16.3. The first kappa shape index (κ1) is 19.7. The average molecular weight is 431 g/mol. The molecule has 23 heavy (non-hydrogen) atoms. The van der Waals surface area contributed by atoms with Crippen LogP contribution in [0.1, 0.15) is 32.4 Å². The Morgan fingerprint density at radius 2 is 2.17 bits per heavy atom. The number of nitrogens with one attached hydrogen (secondary N) is 3. The third-order valence-corrected chi connectivity index (χ3v) is 3.54. The smallest absolute Gasteiger partial charge is 0.227 e. The molecular weight excluding hydrogens is 405 g/mol. The second kappa shape index (κ2) is 9.69. The number of amides is 1. The summed E-state index contributed by atoms with van der Waals surface area (Å²) in [6.07, 6.45) is 1.52. The van der Waals surface area contributed by atoms with E-state index in [9.17, 15) is 4.79 Å². The van der Waals surface area contributed by atoms with E-state index in [1.165, 1.54) is 6.42 Å². The molecule has 1 aromatic heterocycles. The van der Waals surface area contributed by atoms with Gasteiger partial charge in [-0.2, -0.15) is 0 Å². The molecule has 0 aromatic carbocycles. The van der Waals surface area contributed by atoms with Gasteiger partial charge in [-0.1, -0.05) is 13.0 Å². The number of anilines is 1. The fourth-order valence-corrected chi connectivity index (χ4v) is 2.11. The lowest BCUT2D eigenvalue weighted by molar-refractivity contribution is -0.116. The van der Waals surface area contributed by atoms with E-state index in [-0.39, 0.29) is 29.9 Å². The normalized spacial score (nSPS) is 19.5. The molecule has 1 aliphatic rings. The van der Waals surface area contributed by atoms with Crippen LogP contribution in [0.3, 0.4) is 0 Å². The van der Waals surface area contributed by atoms with Gasteiger partial charge >= 0.3 is 0 Å². The Morgan fingerprint density at radius 1 is 1.43 bits per heavy atom. The molecule has 0 radical (unpaired) electrons. The molecule has 2 atom stereocenters. The summed E-state index contributed by atoms with van der Waals surface area (Å²) in [5, 5.41) is 9.36. The number of carbonyl (C=O) groups excluding carboxylic acids is 1. The van der Waals surface area contributed by atoms with E-state index in [1.807, 2.05) is 26.0 Å². The Labute approximate surface area is 155 Å². The largest absolute Gasteiger partial charge is 0.357 e. The van der Waals surface area contributed by atoms with Gasteiger partial charge in [-0.05, 0) is 38.3 Å². The lowest BCUT2D eigenvalue weighted by Gasteiger charge is -2.10. The minimum Gasteiger partial charge on any atom is -0.357 e. The van der Waals surface area contributed by atoms with Crippen molar-refractivity contribution in [1.82, 2.24) is 15.6 Å². The van der Waals surface area contributed by atoms with Crippen LogP contribution < -0.4 is 16.0 Å². The number of aryl methyl sites for hydroxylation is 1. The van der Waals surface area contributed by atoms with Crippen LogP contribution in [0.25, 0.3) is 0 Å². The average Bonchev–Trinajstić information content (AvgIpc) is 3.14. The minimum atomic E-state index is -0.0718. The number of aliphatic imine (C=N–C) groups is 1. The summed E-state index contributed by atoms with van der Waals surface area (Å²) in [5.74, 6) is 2.01. The van der Waals surface area contributed by atoms with Gasteiger partial charge in [0.25, 0.3) is 0 Å². The summed E-state index contributed by atoms with van der Waals surface area (Å²) in [4.78, 5) is 20.6. The highest BCUT2D eigenvalue weighted by Gasteiger charge is 2.33. The Kier molecular flexibility index (Phi) is 8.29. The predicted molar refractivity (Wildman–Crippen MR) is 104 cm³/mol. The zero-order valence-electron chi connectivity index (χ0n) is 13.9.